The molecule has 2 fully saturated rings. The fourth-order valence-electron chi connectivity index (χ4n) is 4.58. The Morgan fingerprint density at radius 3 is 2.81 bits per heavy atom. The van der Waals surface area contributed by atoms with Crippen LogP contribution in [-0.2, 0) is 11.2 Å². The summed E-state index contributed by atoms with van der Waals surface area (Å²) in [6.07, 6.45) is -0.274. The fraction of sp³-hybridized carbons (Fsp3) is 0.500. The molecule has 1 saturated carbocycles. The Bertz CT molecular complexity index is 1150. The van der Waals surface area contributed by atoms with Crippen molar-refractivity contribution in [2.45, 2.75) is 56.8 Å². The van der Waals surface area contributed by atoms with Gasteiger partial charge in [0.15, 0.2) is 6.17 Å². The SMILES string of the molecule is C[C@@H](NC(=O)Cc1c(C2CC2)c2c(F)cccc2[nH]c1=O)C1C(F)CC(C#N)C[N+]1=O. The van der Waals surface area contributed by atoms with Gasteiger partial charge in [0.25, 0.3) is 11.6 Å². The van der Waals surface area contributed by atoms with E-state index in [0.29, 0.717) is 21.2 Å². The third kappa shape index (κ3) is 4.07. The van der Waals surface area contributed by atoms with Gasteiger partial charge in [0.05, 0.1) is 24.0 Å². The number of piperidine rings is 1. The molecule has 1 amide bonds. The number of nitroso groups, excluding NO2 is 1. The summed E-state index contributed by atoms with van der Waals surface area (Å²) in [6, 6.07) is 4.44. The molecule has 1 saturated heterocycles. The van der Waals surface area contributed by atoms with Crippen LogP contribution in [0, 0.1) is 28.0 Å². The van der Waals surface area contributed by atoms with E-state index >= 15 is 0 Å². The van der Waals surface area contributed by atoms with E-state index in [9.17, 15) is 23.3 Å². The molecule has 0 bridgehead atoms. The van der Waals surface area contributed by atoms with E-state index in [4.69, 9.17) is 5.26 Å². The lowest BCUT2D eigenvalue weighted by atomic mass is 9.90. The number of carbonyl (C=O) groups excluding carboxylic acids is 1. The van der Waals surface area contributed by atoms with E-state index in [2.05, 4.69) is 10.3 Å². The molecule has 3 unspecified atom stereocenters. The fourth-order valence-corrected chi connectivity index (χ4v) is 4.58. The smallest absolute Gasteiger partial charge is 0.252 e. The molecular formula is C22H23F2N4O3+. The van der Waals surface area contributed by atoms with Gasteiger partial charge in [-0.3, -0.25) is 9.59 Å². The molecule has 2 aromatic rings. The van der Waals surface area contributed by atoms with Crippen molar-refractivity contribution < 1.29 is 18.3 Å². The van der Waals surface area contributed by atoms with Gasteiger partial charge in [-0.15, -0.1) is 0 Å². The zero-order valence-corrected chi connectivity index (χ0v) is 17.0. The molecule has 2 N–H and O–H groups in total. The minimum Gasteiger partial charge on any atom is -0.346 e. The number of amides is 1. The van der Waals surface area contributed by atoms with E-state index in [1.807, 2.05) is 6.07 Å². The van der Waals surface area contributed by atoms with Gasteiger partial charge in [-0.1, -0.05) is 6.07 Å². The first-order valence-electron chi connectivity index (χ1n) is 10.4. The number of H-pyrrole nitrogens is 1. The molecule has 31 heavy (non-hydrogen) atoms. The monoisotopic (exact) mass is 429 g/mol. The van der Waals surface area contributed by atoms with Crippen LogP contribution in [0.25, 0.3) is 10.9 Å². The Labute approximate surface area is 177 Å². The average molecular weight is 429 g/mol. The maximum atomic E-state index is 14.6. The first kappa shape index (κ1) is 21.1. The van der Waals surface area contributed by atoms with E-state index in [1.165, 1.54) is 19.1 Å². The second kappa shape index (κ2) is 8.17. The van der Waals surface area contributed by atoms with Crippen molar-refractivity contribution in [3.63, 3.8) is 0 Å². The average Bonchev–Trinajstić information content (AvgIpc) is 3.53. The van der Waals surface area contributed by atoms with Gasteiger partial charge < -0.3 is 10.3 Å². The predicted molar refractivity (Wildman–Crippen MR) is 109 cm³/mol. The molecule has 162 valence electrons. The van der Waals surface area contributed by atoms with Crippen LogP contribution in [0.5, 0.6) is 0 Å². The maximum absolute atomic E-state index is 14.6. The Balaban J connectivity index is 1.57. The lowest BCUT2D eigenvalue weighted by Crippen LogP contribution is -2.55. The highest BCUT2D eigenvalue weighted by molar-refractivity contribution is 5.87. The molecule has 4 rings (SSSR count). The summed E-state index contributed by atoms with van der Waals surface area (Å²) in [7, 11) is 0. The van der Waals surface area contributed by atoms with E-state index < -0.39 is 41.5 Å². The van der Waals surface area contributed by atoms with Gasteiger partial charge in [0.2, 0.25) is 12.5 Å². The van der Waals surface area contributed by atoms with Gasteiger partial charge in [-0.25, -0.2) is 8.78 Å². The number of benzene rings is 1. The number of rotatable bonds is 5. The number of pyridine rings is 1. The van der Waals surface area contributed by atoms with Gasteiger partial charge in [-0.05, 0) is 43.4 Å². The number of alkyl halides is 1. The van der Waals surface area contributed by atoms with Crippen LogP contribution in [-0.4, -0.2) is 40.5 Å². The number of fused-ring (bicyclic) bond motifs is 1. The molecule has 1 aromatic heterocycles. The molecule has 1 aliphatic heterocycles. The number of aromatic amines is 1. The highest BCUT2D eigenvalue weighted by Crippen LogP contribution is 2.44. The zero-order chi connectivity index (χ0) is 22.3. The summed E-state index contributed by atoms with van der Waals surface area (Å²) in [5.41, 5.74) is 0.698. The van der Waals surface area contributed by atoms with Crippen molar-refractivity contribution in [3.8, 4) is 6.07 Å². The summed E-state index contributed by atoms with van der Waals surface area (Å²) in [6.45, 7) is 1.41. The molecule has 2 aliphatic rings. The van der Waals surface area contributed by atoms with Crippen LogP contribution >= 0.6 is 0 Å². The van der Waals surface area contributed by atoms with Crippen LogP contribution in [0.1, 0.15) is 43.2 Å². The lowest BCUT2D eigenvalue weighted by molar-refractivity contribution is -0.610. The number of hydrogen-bond donors (Lipinski definition) is 2. The van der Waals surface area contributed by atoms with Gasteiger partial charge >= 0.3 is 0 Å². The zero-order valence-electron chi connectivity index (χ0n) is 17.0. The summed E-state index contributed by atoms with van der Waals surface area (Å²) < 4.78 is 29.6. The standard InChI is InChI=1S/C22H22F2N4O3/c1-11(21-16(24)7-12(9-25)10-28(21)31)26-18(29)8-14-19(13-5-6-13)20-15(23)3-2-4-17(20)27-22(14)30/h2-4,11-13,16,21H,5-8,10H2,1H3,(H-,26,27,29,30)/p+1/t11-,12?,16?,21?/m1/s1. The van der Waals surface area contributed by atoms with Gasteiger partial charge in [0, 0.05) is 27.0 Å². The van der Waals surface area contributed by atoms with Crippen molar-refractivity contribution >= 4 is 16.8 Å². The molecular weight excluding hydrogens is 406 g/mol. The molecule has 0 spiro atoms. The van der Waals surface area contributed by atoms with Crippen molar-refractivity contribution in [2.24, 2.45) is 5.92 Å². The first-order valence-corrected chi connectivity index (χ1v) is 10.4. The summed E-state index contributed by atoms with van der Waals surface area (Å²) >= 11 is 0. The number of nitrogens with one attached hydrogen (secondary N) is 2. The van der Waals surface area contributed by atoms with Gasteiger partial charge in [-0.2, -0.15) is 5.26 Å². The number of nitriles is 1. The number of aromatic nitrogens is 1. The second-order valence-electron chi connectivity index (χ2n) is 8.48. The van der Waals surface area contributed by atoms with Crippen LogP contribution in [0.3, 0.4) is 0 Å². The Morgan fingerprint density at radius 1 is 1.42 bits per heavy atom. The Morgan fingerprint density at radius 2 is 2.16 bits per heavy atom. The second-order valence-corrected chi connectivity index (χ2v) is 8.48. The minimum atomic E-state index is -1.55. The van der Waals surface area contributed by atoms with Crippen LogP contribution in [0.2, 0.25) is 0 Å². The van der Waals surface area contributed by atoms with Crippen molar-refractivity contribution in [3.05, 3.63) is 50.4 Å². The van der Waals surface area contributed by atoms with Crippen LogP contribution in [0.4, 0.5) is 8.78 Å². The maximum Gasteiger partial charge on any atom is 0.252 e. The van der Waals surface area contributed by atoms with Crippen molar-refractivity contribution in [1.82, 2.24) is 10.3 Å². The molecule has 0 radical (unpaired) electrons. The molecule has 7 nitrogen and oxygen atoms in total. The van der Waals surface area contributed by atoms with Gasteiger partial charge in [0.1, 0.15) is 11.7 Å². The molecule has 1 aromatic carbocycles. The predicted octanol–water partition coefficient (Wildman–Crippen LogP) is 2.62. The van der Waals surface area contributed by atoms with Crippen molar-refractivity contribution in [2.75, 3.05) is 6.54 Å². The molecule has 1 aliphatic carbocycles. The minimum absolute atomic E-state index is 0.0236. The number of carbonyl (C=O) groups is 1. The third-order valence-corrected chi connectivity index (χ3v) is 6.15. The summed E-state index contributed by atoms with van der Waals surface area (Å²) in [5.74, 6) is -1.66. The molecule has 4 atom stereocenters. The molecule has 2 heterocycles. The largest absolute Gasteiger partial charge is 0.346 e. The normalized spacial score (nSPS) is 24.6. The molecule has 9 heteroatoms. The van der Waals surface area contributed by atoms with E-state index in [-0.39, 0.29) is 30.9 Å². The van der Waals surface area contributed by atoms with Crippen LogP contribution in [0.15, 0.2) is 23.0 Å². The lowest BCUT2D eigenvalue weighted by Gasteiger charge is -2.26. The highest BCUT2D eigenvalue weighted by Gasteiger charge is 2.47. The highest BCUT2D eigenvalue weighted by atomic mass is 19.1. The number of hydrogen-bond acceptors (Lipinski definition) is 4. The number of nitrogens with zero attached hydrogens (tertiary/aromatic N) is 2. The third-order valence-electron chi connectivity index (χ3n) is 6.15. The van der Waals surface area contributed by atoms with Crippen molar-refractivity contribution in [1.29, 1.82) is 5.26 Å². The summed E-state index contributed by atoms with van der Waals surface area (Å²) in [4.78, 5) is 40.3. The number of halogens is 2. The van der Waals surface area contributed by atoms with Crippen LogP contribution < -0.4 is 10.9 Å². The summed E-state index contributed by atoms with van der Waals surface area (Å²) in [5, 5.41) is 11.9. The Kier molecular flexibility index (Phi) is 5.56. The van der Waals surface area contributed by atoms with E-state index in [0.717, 1.165) is 12.8 Å². The quantitative estimate of drug-likeness (QED) is 0.713. The topological polar surface area (TPSA) is 106 Å². The van der Waals surface area contributed by atoms with E-state index in [1.54, 1.807) is 6.07 Å². The Hall–Kier alpha value is -3.15. The first-order chi connectivity index (χ1) is 14.8.